The van der Waals surface area contributed by atoms with Gasteiger partial charge < -0.3 is 19.3 Å². The lowest BCUT2D eigenvalue weighted by Gasteiger charge is -2.16. The number of aryl methyl sites for hydroxylation is 1. The fourth-order valence-electron chi connectivity index (χ4n) is 2.84. The summed E-state index contributed by atoms with van der Waals surface area (Å²) in [6, 6.07) is 13.7. The molecule has 1 aromatic heterocycles. The van der Waals surface area contributed by atoms with Crippen molar-refractivity contribution in [1.82, 2.24) is 10.1 Å². The zero-order valence-corrected chi connectivity index (χ0v) is 19.6. The quantitative estimate of drug-likeness (QED) is 0.469. The molecule has 3 aromatic rings. The molecule has 9 nitrogen and oxygen atoms in total. The van der Waals surface area contributed by atoms with E-state index in [2.05, 4.69) is 15.5 Å². The number of rotatable bonds is 9. The van der Waals surface area contributed by atoms with Gasteiger partial charge in [-0.25, -0.2) is 4.79 Å². The van der Waals surface area contributed by atoms with Gasteiger partial charge in [-0.1, -0.05) is 38.1 Å². The third kappa shape index (κ3) is 6.50. The molecule has 0 fully saturated rings. The number of ether oxygens (including phenoxy) is 2. The summed E-state index contributed by atoms with van der Waals surface area (Å²) in [5.74, 6) is 0.222. The van der Waals surface area contributed by atoms with Gasteiger partial charge in [0.2, 0.25) is 17.6 Å². The molecule has 1 heterocycles. The summed E-state index contributed by atoms with van der Waals surface area (Å²) in [6.45, 7) is 4.92. The molecule has 0 aliphatic carbocycles. The van der Waals surface area contributed by atoms with Crippen LogP contribution in [0.4, 0.5) is 5.69 Å². The van der Waals surface area contributed by atoms with Crippen molar-refractivity contribution >= 4 is 23.3 Å². The minimum absolute atomic E-state index is 0.0656. The van der Waals surface area contributed by atoms with E-state index in [4.69, 9.17) is 14.0 Å². The van der Waals surface area contributed by atoms with E-state index in [9.17, 15) is 14.4 Å². The SMILES string of the molecule is COc1ccc(-c2noc(CCC(=O)Nc3ccccc3C(=O)OCC(=O)C(C)(C)C)n2)cc1. The number of carbonyl (C=O) groups excluding carboxylic acids is 3. The highest BCUT2D eigenvalue weighted by atomic mass is 16.5. The first-order valence-corrected chi connectivity index (χ1v) is 10.7. The standard InChI is InChI=1S/C25H27N3O6/c1-25(2,3)20(29)15-33-24(31)18-7-5-6-8-19(18)26-21(30)13-14-22-27-23(28-34-22)16-9-11-17(32-4)12-10-16/h5-12H,13-15H2,1-4H3,(H,26,30). The Kier molecular flexibility index (Phi) is 7.78. The van der Waals surface area contributed by atoms with Gasteiger partial charge in [-0.15, -0.1) is 0 Å². The number of hydrogen-bond acceptors (Lipinski definition) is 8. The van der Waals surface area contributed by atoms with Gasteiger partial charge in [-0.3, -0.25) is 9.59 Å². The van der Waals surface area contributed by atoms with Crippen molar-refractivity contribution in [3.05, 3.63) is 60.0 Å². The smallest absolute Gasteiger partial charge is 0.340 e. The summed E-state index contributed by atoms with van der Waals surface area (Å²) in [6.07, 6.45) is 0.290. The van der Waals surface area contributed by atoms with Crippen molar-refractivity contribution in [2.24, 2.45) is 5.41 Å². The van der Waals surface area contributed by atoms with Crippen molar-refractivity contribution in [2.45, 2.75) is 33.6 Å². The number of hydrogen-bond donors (Lipinski definition) is 1. The lowest BCUT2D eigenvalue weighted by molar-refractivity contribution is -0.129. The van der Waals surface area contributed by atoms with Crippen LogP contribution in [-0.4, -0.2) is 41.5 Å². The van der Waals surface area contributed by atoms with Gasteiger partial charge in [0.05, 0.1) is 18.4 Å². The Labute approximate surface area is 197 Å². The number of carbonyl (C=O) groups is 3. The Morgan fingerprint density at radius 1 is 1.03 bits per heavy atom. The molecule has 0 aliphatic heterocycles. The van der Waals surface area contributed by atoms with E-state index in [1.165, 1.54) is 6.07 Å². The highest BCUT2D eigenvalue weighted by molar-refractivity contribution is 6.02. The van der Waals surface area contributed by atoms with Crippen LogP contribution in [0.1, 0.15) is 43.4 Å². The number of benzene rings is 2. The number of para-hydroxylation sites is 1. The maximum Gasteiger partial charge on any atom is 0.340 e. The molecular formula is C25H27N3O6. The predicted molar refractivity (Wildman–Crippen MR) is 124 cm³/mol. The van der Waals surface area contributed by atoms with Crippen LogP contribution in [0.3, 0.4) is 0 Å². The molecule has 0 atom stereocenters. The number of methoxy groups -OCH3 is 1. The third-order valence-corrected chi connectivity index (χ3v) is 4.97. The highest BCUT2D eigenvalue weighted by Gasteiger charge is 2.23. The zero-order valence-electron chi connectivity index (χ0n) is 19.6. The van der Waals surface area contributed by atoms with Crippen molar-refractivity contribution in [2.75, 3.05) is 19.0 Å². The number of anilines is 1. The summed E-state index contributed by atoms with van der Waals surface area (Å²) in [4.78, 5) is 41.3. The second-order valence-electron chi connectivity index (χ2n) is 8.58. The van der Waals surface area contributed by atoms with E-state index >= 15 is 0 Å². The molecule has 0 saturated carbocycles. The number of amides is 1. The molecule has 0 aliphatic rings. The molecule has 34 heavy (non-hydrogen) atoms. The van der Waals surface area contributed by atoms with Crippen molar-refractivity contribution in [3.8, 4) is 17.1 Å². The van der Waals surface area contributed by atoms with E-state index < -0.39 is 11.4 Å². The van der Waals surface area contributed by atoms with Crippen LogP contribution >= 0.6 is 0 Å². The van der Waals surface area contributed by atoms with Gasteiger partial charge in [-0.2, -0.15) is 4.98 Å². The average Bonchev–Trinajstić information content (AvgIpc) is 3.30. The van der Waals surface area contributed by atoms with E-state index in [1.807, 2.05) is 12.1 Å². The van der Waals surface area contributed by atoms with E-state index in [1.54, 1.807) is 58.2 Å². The largest absolute Gasteiger partial charge is 0.497 e. The molecule has 1 N–H and O–H groups in total. The first-order chi connectivity index (χ1) is 16.2. The number of ketones is 1. The topological polar surface area (TPSA) is 121 Å². The average molecular weight is 466 g/mol. The minimum Gasteiger partial charge on any atom is -0.497 e. The fourth-order valence-corrected chi connectivity index (χ4v) is 2.84. The van der Waals surface area contributed by atoms with Crippen LogP contribution in [0, 0.1) is 5.41 Å². The lowest BCUT2D eigenvalue weighted by atomic mass is 9.91. The molecule has 0 radical (unpaired) electrons. The summed E-state index contributed by atoms with van der Waals surface area (Å²) in [7, 11) is 1.59. The number of aromatic nitrogens is 2. The molecule has 1 amide bonds. The predicted octanol–water partition coefficient (Wildman–Crippen LogP) is 4.09. The van der Waals surface area contributed by atoms with Crippen LogP contribution < -0.4 is 10.1 Å². The van der Waals surface area contributed by atoms with Crippen molar-refractivity contribution < 1.29 is 28.4 Å². The fraction of sp³-hybridized carbons (Fsp3) is 0.320. The van der Waals surface area contributed by atoms with Crippen LogP contribution in [0.25, 0.3) is 11.4 Å². The van der Waals surface area contributed by atoms with Gasteiger partial charge in [0.15, 0.2) is 12.4 Å². The Hall–Kier alpha value is -4.01. The third-order valence-electron chi connectivity index (χ3n) is 4.97. The number of nitrogens with one attached hydrogen (secondary N) is 1. The van der Waals surface area contributed by atoms with Crippen LogP contribution in [0.5, 0.6) is 5.75 Å². The van der Waals surface area contributed by atoms with E-state index in [-0.39, 0.29) is 36.7 Å². The first kappa shape index (κ1) is 24.6. The first-order valence-electron chi connectivity index (χ1n) is 10.7. The molecule has 9 heteroatoms. The molecule has 0 bridgehead atoms. The summed E-state index contributed by atoms with van der Waals surface area (Å²) >= 11 is 0. The van der Waals surface area contributed by atoms with Gasteiger partial charge >= 0.3 is 5.97 Å². The van der Waals surface area contributed by atoms with Gasteiger partial charge in [-0.05, 0) is 36.4 Å². The molecule has 3 rings (SSSR count). The normalized spacial score (nSPS) is 11.1. The molecule has 0 saturated heterocycles. The summed E-state index contributed by atoms with van der Waals surface area (Å²) in [5, 5.41) is 6.65. The summed E-state index contributed by atoms with van der Waals surface area (Å²) < 4.78 is 15.5. The second kappa shape index (κ2) is 10.7. The Morgan fingerprint density at radius 3 is 2.41 bits per heavy atom. The van der Waals surface area contributed by atoms with Gasteiger partial charge in [0.1, 0.15) is 5.75 Å². The number of Topliss-reactive ketones (excluding diaryl/α,β-unsaturated/α-hetero) is 1. The molecule has 0 spiro atoms. The van der Waals surface area contributed by atoms with Crippen molar-refractivity contribution in [3.63, 3.8) is 0 Å². The summed E-state index contributed by atoms with van der Waals surface area (Å²) in [5.41, 5.74) is 0.607. The lowest BCUT2D eigenvalue weighted by Crippen LogP contribution is -2.26. The molecule has 178 valence electrons. The molecule has 0 unspecified atom stereocenters. The maximum atomic E-state index is 12.5. The van der Waals surface area contributed by atoms with Gasteiger partial charge in [0, 0.05) is 23.8 Å². The van der Waals surface area contributed by atoms with E-state index in [0.717, 1.165) is 5.56 Å². The van der Waals surface area contributed by atoms with Gasteiger partial charge in [0.25, 0.3) is 0 Å². The number of nitrogens with zero attached hydrogens (tertiary/aromatic N) is 2. The molecule has 2 aromatic carbocycles. The monoisotopic (exact) mass is 465 g/mol. The Morgan fingerprint density at radius 2 is 1.74 bits per heavy atom. The Balaban J connectivity index is 1.57. The van der Waals surface area contributed by atoms with Crippen molar-refractivity contribution in [1.29, 1.82) is 0 Å². The maximum absolute atomic E-state index is 12.5. The van der Waals surface area contributed by atoms with E-state index in [0.29, 0.717) is 23.2 Å². The minimum atomic E-state index is -0.686. The second-order valence-corrected chi connectivity index (χ2v) is 8.58. The highest BCUT2D eigenvalue weighted by Crippen LogP contribution is 2.21. The zero-order chi connectivity index (χ0) is 24.7. The molecular weight excluding hydrogens is 438 g/mol. The van der Waals surface area contributed by atoms with Crippen LogP contribution in [-0.2, 0) is 20.7 Å². The number of esters is 1. The van der Waals surface area contributed by atoms with Crippen LogP contribution in [0.2, 0.25) is 0 Å². The van der Waals surface area contributed by atoms with Crippen LogP contribution in [0.15, 0.2) is 53.1 Å². The Bertz CT molecular complexity index is 1160.